The van der Waals surface area contributed by atoms with Gasteiger partial charge in [-0.3, -0.25) is 10.0 Å². The molecule has 132 valence electrons. The van der Waals surface area contributed by atoms with Gasteiger partial charge in [-0.05, 0) is 41.5 Å². The molecule has 1 amide bonds. The van der Waals surface area contributed by atoms with Gasteiger partial charge in [0, 0.05) is 24.5 Å². The van der Waals surface area contributed by atoms with Gasteiger partial charge in [0.05, 0.1) is 10.6 Å². The van der Waals surface area contributed by atoms with Crippen molar-refractivity contribution < 1.29 is 10.0 Å². The Bertz CT molecular complexity index is 910. The second kappa shape index (κ2) is 7.29. The van der Waals surface area contributed by atoms with Gasteiger partial charge < -0.3 is 5.01 Å². The molecule has 0 saturated carbocycles. The van der Waals surface area contributed by atoms with E-state index in [1.807, 2.05) is 24.3 Å². The minimum atomic E-state index is -0.475. The Morgan fingerprint density at radius 1 is 1.04 bits per heavy atom. The van der Waals surface area contributed by atoms with Crippen LogP contribution in [0.1, 0.15) is 15.2 Å². The van der Waals surface area contributed by atoms with Crippen LogP contribution in [-0.4, -0.2) is 29.2 Å². The smallest absolute Gasteiger partial charge is 0.284 e. The fourth-order valence-electron chi connectivity index (χ4n) is 3.10. The van der Waals surface area contributed by atoms with Gasteiger partial charge in [0.25, 0.3) is 5.91 Å². The van der Waals surface area contributed by atoms with Crippen LogP contribution in [0.4, 0.5) is 5.69 Å². The molecule has 2 N–H and O–H groups in total. The zero-order valence-corrected chi connectivity index (χ0v) is 14.9. The van der Waals surface area contributed by atoms with Gasteiger partial charge in [0.15, 0.2) is 0 Å². The summed E-state index contributed by atoms with van der Waals surface area (Å²) >= 11 is 1.37. The lowest BCUT2D eigenvalue weighted by atomic mass is 10.1. The largest absolute Gasteiger partial charge is 0.304 e. The average Bonchev–Trinajstić information content (AvgIpc) is 3.16. The van der Waals surface area contributed by atoms with Gasteiger partial charge in [0.1, 0.15) is 0 Å². The van der Waals surface area contributed by atoms with Crippen molar-refractivity contribution in [2.45, 2.75) is 6.54 Å². The number of hydrogen-bond acceptors (Lipinski definition) is 5. The van der Waals surface area contributed by atoms with Gasteiger partial charge in [-0.15, -0.1) is 11.3 Å². The Morgan fingerprint density at radius 3 is 2.62 bits per heavy atom. The highest BCUT2D eigenvalue weighted by molar-refractivity contribution is 7.17. The van der Waals surface area contributed by atoms with E-state index in [0.29, 0.717) is 4.88 Å². The molecular weight excluding hydrogens is 346 g/mol. The average molecular weight is 365 g/mol. The second-order valence-corrected chi connectivity index (χ2v) is 7.24. The molecule has 2 aromatic carbocycles. The Labute approximate surface area is 156 Å². The number of nitrogens with zero attached hydrogens (tertiary/aromatic N) is 2. The highest BCUT2D eigenvalue weighted by Gasteiger charge is 2.25. The van der Waals surface area contributed by atoms with Crippen LogP contribution < -0.4 is 10.5 Å². The molecule has 0 aliphatic carbocycles. The van der Waals surface area contributed by atoms with E-state index in [0.717, 1.165) is 30.1 Å². The van der Waals surface area contributed by atoms with Gasteiger partial charge in [-0.1, -0.05) is 36.4 Å². The van der Waals surface area contributed by atoms with Crippen LogP contribution in [-0.2, 0) is 6.54 Å². The minimum Gasteiger partial charge on any atom is -0.304 e. The van der Waals surface area contributed by atoms with E-state index in [1.165, 1.54) is 22.6 Å². The molecule has 1 fully saturated rings. The third-order valence-corrected chi connectivity index (χ3v) is 5.61. The fraction of sp³-hybridized carbons (Fsp3) is 0.150. The number of carbonyl (C=O) groups is 1. The van der Waals surface area contributed by atoms with Crippen molar-refractivity contribution in [2.24, 2.45) is 0 Å². The predicted octanol–water partition coefficient (Wildman–Crippen LogP) is 3.77. The predicted molar refractivity (Wildman–Crippen MR) is 103 cm³/mol. The number of amides is 1. The number of hydrogen-bond donors (Lipinski definition) is 2. The fourth-order valence-corrected chi connectivity index (χ4v) is 3.99. The lowest BCUT2D eigenvalue weighted by molar-refractivity contribution is 0.0711. The maximum absolute atomic E-state index is 11.5. The van der Waals surface area contributed by atoms with Crippen LogP contribution >= 0.6 is 11.3 Å². The number of thiophene rings is 1. The van der Waals surface area contributed by atoms with Crippen molar-refractivity contribution >= 4 is 22.9 Å². The summed E-state index contributed by atoms with van der Waals surface area (Å²) in [6, 6.07) is 22.4. The van der Waals surface area contributed by atoms with E-state index in [1.54, 1.807) is 11.5 Å². The maximum Gasteiger partial charge on any atom is 0.284 e. The van der Waals surface area contributed by atoms with Crippen molar-refractivity contribution in [1.82, 2.24) is 10.5 Å². The van der Waals surface area contributed by atoms with Crippen LogP contribution in [0, 0.1) is 0 Å². The minimum absolute atomic E-state index is 0.475. The monoisotopic (exact) mass is 365 g/mol. The first kappa shape index (κ1) is 16.8. The zero-order chi connectivity index (χ0) is 17.9. The van der Waals surface area contributed by atoms with E-state index in [9.17, 15) is 4.79 Å². The molecule has 1 aliphatic rings. The Kier molecular flexibility index (Phi) is 4.71. The normalized spacial score (nSPS) is 14.1. The summed E-state index contributed by atoms with van der Waals surface area (Å²) in [6.07, 6.45) is 0. The highest BCUT2D eigenvalue weighted by atomic mass is 32.1. The SMILES string of the molecule is O=C(NO)c1ccc(-c2cccc(CN3CCN3c3ccccc3)c2)s1. The Balaban J connectivity index is 1.50. The first-order chi connectivity index (χ1) is 12.7. The number of hydrazine groups is 1. The van der Waals surface area contributed by atoms with E-state index in [2.05, 4.69) is 46.4 Å². The van der Waals surface area contributed by atoms with Gasteiger partial charge >= 0.3 is 0 Å². The van der Waals surface area contributed by atoms with Crippen LogP contribution in [0.5, 0.6) is 0 Å². The molecule has 6 heteroatoms. The number of benzene rings is 2. The molecular formula is C20H19N3O2S. The lowest BCUT2D eigenvalue weighted by Gasteiger charge is -2.45. The molecule has 5 nitrogen and oxygen atoms in total. The van der Waals surface area contributed by atoms with Crippen LogP contribution in [0.2, 0.25) is 0 Å². The number of anilines is 1. The quantitative estimate of drug-likeness (QED) is 0.534. The van der Waals surface area contributed by atoms with Crippen molar-refractivity contribution in [3.05, 3.63) is 77.2 Å². The maximum atomic E-state index is 11.5. The summed E-state index contributed by atoms with van der Waals surface area (Å²) in [5.74, 6) is -0.475. The molecule has 1 aliphatic heterocycles. The molecule has 0 atom stereocenters. The number of nitrogens with one attached hydrogen (secondary N) is 1. The standard InChI is InChI=1S/C20H19N3O2S/c24-20(21-25)19-10-9-18(26-19)16-6-4-5-15(13-16)14-22-11-12-23(22)17-7-2-1-3-8-17/h1-10,13,25H,11-12,14H2,(H,21,24). The van der Waals surface area contributed by atoms with Gasteiger partial charge in [0.2, 0.25) is 0 Å². The zero-order valence-electron chi connectivity index (χ0n) is 14.1. The summed E-state index contributed by atoms with van der Waals surface area (Å²) in [5, 5.41) is 13.4. The third kappa shape index (κ3) is 3.35. The van der Waals surface area contributed by atoms with Crippen LogP contribution in [0.3, 0.4) is 0 Å². The molecule has 1 saturated heterocycles. The van der Waals surface area contributed by atoms with E-state index >= 15 is 0 Å². The number of para-hydroxylation sites is 1. The first-order valence-electron chi connectivity index (χ1n) is 8.45. The van der Waals surface area contributed by atoms with E-state index in [4.69, 9.17) is 5.21 Å². The third-order valence-electron chi connectivity index (χ3n) is 4.47. The highest BCUT2D eigenvalue weighted by Crippen LogP contribution is 2.30. The number of rotatable bonds is 5. The Morgan fingerprint density at radius 2 is 1.88 bits per heavy atom. The van der Waals surface area contributed by atoms with Crippen molar-refractivity contribution in [3.8, 4) is 10.4 Å². The van der Waals surface area contributed by atoms with Crippen molar-refractivity contribution in [1.29, 1.82) is 0 Å². The summed E-state index contributed by atoms with van der Waals surface area (Å²) in [4.78, 5) is 13.0. The molecule has 0 radical (unpaired) electrons. The first-order valence-corrected chi connectivity index (χ1v) is 9.27. The summed E-state index contributed by atoms with van der Waals surface area (Å²) in [5.41, 5.74) is 5.20. The van der Waals surface area contributed by atoms with Crippen LogP contribution in [0.15, 0.2) is 66.7 Å². The molecule has 0 unspecified atom stereocenters. The number of carbonyl (C=O) groups excluding carboxylic acids is 1. The molecule has 1 aromatic heterocycles. The van der Waals surface area contributed by atoms with E-state index < -0.39 is 5.91 Å². The molecule has 0 bridgehead atoms. The molecule has 0 spiro atoms. The summed E-state index contributed by atoms with van der Waals surface area (Å²) in [7, 11) is 0. The molecule has 2 heterocycles. The van der Waals surface area contributed by atoms with E-state index in [-0.39, 0.29) is 0 Å². The van der Waals surface area contributed by atoms with Gasteiger partial charge in [-0.2, -0.15) is 0 Å². The van der Waals surface area contributed by atoms with Gasteiger partial charge in [-0.25, -0.2) is 10.5 Å². The van der Waals surface area contributed by atoms with Crippen molar-refractivity contribution in [3.63, 3.8) is 0 Å². The molecule has 3 aromatic rings. The second-order valence-electron chi connectivity index (χ2n) is 6.15. The topological polar surface area (TPSA) is 55.8 Å². The lowest BCUT2D eigenvalue weighted by Crippen LogP contribution is -2.56. The van der Waals surface area contributed by atoms with Crippen molar-refractivity contribution in [2.75, 3.05) is 18.1 Å². The summed E-state index contributed by atoms with van der Waals surface area (Å²) in [6.45, 7) is 2.92. The Hall–Kier alpha value is -2.67. The summed E-state index contributed by atoms with van der Waals surface area (Å²) < 4.78 is 0. The number of hydroxylamine groups is 1. The molecule has 4 rings (SSSR count). The van der Waals surface area contributed by atoms with Crippen LogP contribution in [0.25, 0.3) is 10.4 Å². The molecule has 26 heavy (non-hydrogen) atoms.